The molecule has 108 valence electrons. The Morgan fingerprint density at radius 3 is 2.55 bits per heavy atom. The molecular weight excluding hydrogens is 254 g/mol. The summed E-state index contributed by atoms with van der Waals surface area (Å²) >= 11 is 0. The van der Waals surface area contributed by atoms with Crippen molar-refractivity contribution in [2.75, 3.05) is 6.54 Å². The van der Waals surface area contributed by atoms with Crippen LogP contribution < -0.4 is 5.32 Å². The molecule has 1 aromatic rings. The molecule has 0 aromatic heterocycles. The van der Waals surface area contributed by atoms with E-state index in [4.69, 9.17) is 5.11 Å². The van der Waals surface area contributed by atoms with Gasteiger partial charge in [0.2, 0.25) is 0 Å². The molecule has 0 atom stereocenters. The summed E-state index contributed by atoms with van der Waals surface area (Å²) < 4.78 is 0. The summed E-state index contributed by atoms with van der Waals surface area (Å²) in [6.07, 6.45) is 3.77. The molecule has 2 N–H and O–H groups in total. The lowest BCUT2D eigenvalue weighted by molar-refractivity contribution is -0.141. The van der Waals surface area contributed by atoms with Crippen LogP contribution in [0.1, 0.15) is 48.5 Å². The largest absolute Gasteiger partial charge is 0.481 e. The van der Waals surface area contributed by atoms with Gasteiger partial charge in [0.15, 0.2) is 0 Å². The predicted octanol–water partition coefficient (Wildman–Crippen LogP) is 2.62. The van der Waals surface area contributed by atoms with Crippen LogP contribution in [0, 0.1) is 5.41 Å². The Balaban J connectivity index is 1.99. The van der Waals surface area contributed by atoms with Gasteiger partial charge in [-0.2, -0.15) is 0 Å². The fourth-order valence-electron chi connectivity index (χ4n) is 2.83. The standard InChI is InChI=1S/C16H21NO3/c1-2-12-6-3-4-7-13(12)15(20)17-11-16(8-5-9-16)10-14(18)19/h3-4,6-7H,2,5,8-11H2,1H3,(H,17,20)(H,18,19). The fraction of sp³-hybridized carbons (Fsp3) is 0.500. The van der Waals surface area contributed by atoms with E-state index in [0.29, 0.717) is 12.1 Å². The molecule has 4 heteroatoms. The van der Waals surface area contributed by atoms with Crippen molar-refractivity contribution in [2.45, 2.75) is 39.0 Å². The number of carbonyl (C=O) groups excluding carboxylic acids is 1. The highest BCUT2D eigenvalue weighted by Crippen LogP contribution is 2.43. The number of hydrogen-bond acceptors (Lipinski definition) is 2. The van der Waals surface area contributed by atoms with Crippen molar-refractivity contribution >= 4 is 11.9 Å². The van der Waals surface area contributed by atoms with Crippen LogP contribution in [0.3, 0.4) is 0 Å². The monoisotopic (exact) mass is 275 g/mol. The van der Waals surface area contributed by atoms with Gasteiger partial charge >= 0.3 is 5.97 Å². The minimum absolute atomic E-state index is 0.0980. The van der Waals surface area contributed by atoms with Crippen LogP contribution in [-0.4, -0.2) is 23.5 Å². The third-order valence-electron chi connectivity index (χ3n) is 4.21. The van der Waals surface area contributed by atoms with Crippen LogP contribution in [0.2, 0.25) is 0 Å². The first-order chi connectivity index (χ1) is 9.56. The first-order valence-electron chi connectivity index (χ1n) is 7.14. The molecule has 0 radical (unpaired) electrons. The van der Waals surface area contributed by atoms with E-state index >= 15 is 0 Å². The zero-order chi connectivity index (χ0) is 14.6. The van der Waals surface area contributed by atoms with Crippen molar-refractivity contribution in [3.05, 3.63) is 35.4 Å². The second-order valence-corrected chi connectivity index (χ2v) is 5.62. The van der Waals surface area contributed by atoms with Gasteiger partial charge in [-0.15, -0.1) is 0 Å². The molecule has 0 spiro atoms. The van der Waals surface area contributed by atoms with E-state index in [1.165, 1.54) is 0 Å². The summed E-state index contributed by atoms with van der Waals surface area (Å²) in [5, 5.41) is 11.9. The molecule has 1 fully saturated rings. The first kappa shape index (κ1) is 14.6. The molecule has 4 nitrogen and oxygen atoms in total. The van der Waals surface area contributed by atoms with Crippen molar-refractivity contribution in [3.8, 4) is 0 Å². The van der Waals surface area contributed by atoms with Crippen LogP contribution >= 0.6 is 0 Å². The minimum atomic E-state index is -0.784. The van der Waals surface area contributed by atoms with Crippen molar-refractivity contribution in [1.82, 2.24) is 5.32 Å². The predicted molar refractivity (Wildman–Crippen MR) is 76.7 cm³/mol. The smallest absolute Gasteiger partial charge is 0.303 e. The van der Waals surface area contributed by atoms with Gasteiger partial charge in [0, 0.05) is 12.1 Å². The van der Waals surface area contributed by atoms with Gasteiger partial charge in [-0.1, -0.05) is 31.5 Å². The number of aliphatic carboxylic acids is 1. The first-order valence-corrected chi connectivity index (χ1v) is 7.14. The lowest BCUT2D eigenvalue weighted by Gasteiger charge is -2.40. The number of carboxylic acid groups (broad SMARTS) is 1. The van der Waals surface area contributed by atoms with Crippen molar-refractivity contribution in [3.63, 3.8) is 0 Å². The fourth-order valence-corrected chi connectivity index (χ4v) is 2.83. The Morgan fingerprint density at radius 2 is 2.00 bits per heavy atom. The maximum atomic E-state index is 12.2. The van der Waals surface area contributed by atoms with E-state index in [9.17, 15) is 9.59 Å². The topological polar surface area (TPSA) is 66.4 Å². The molecule has 0 unspecified atom stereocenters. The van der Waals surface area contributed by atoms with Gasteiger partial charge < -0.3 is 10.4 Å². The molecule has 1 aliphatic carbocycles. The highest BCUT2D eigenvalue weighted by molar-refractivity contribution is 5.95. The highest BCUT2D eigenvalue weighted by atomic mass is 16.4. The zero-order valence-electron chi connectivity index (χ0n) is 11.8. The number of carbonyl (C=O) groups is 2. The van der Waals surface area contributed by atoms with E-state index in [0.717, 1.165) is 31.2 Å². The number of aryl methyl sites for hydroxylation is 1. The molecule has 1 aromatic carbocycles. The van der Waals surface area contributed by atoms with E-state index in [-0.39, 0.29) is 17.7 Å². The summed E-state index contributed by atoms with van der Waals surface area (Å²) in [4.78, 5) is 23.1. The average Bonchev–Trinajstić information content (AvgIpc) is 2.40. The van der Waals surface area contributed by atoms with Crippen LogP contribution in [0.4, 0.5) is 0 Å². The maximum absolute atomic E-state index is 12.2. The van der Waals surface area contributed by atoms with Gasteiger partial charge in [-0.3, -0.25) is 9.59 Å². The zero-order valence-corrected chi connectivity index (χ0v) is 11.8. The minimum Gasteiger partial charge on any atom is -0.481 e. The Hall–Kier alpha value is -1.84. The summed E-state index contributed by atoms with van der Waals surface area (Å²) in [5.74, 6) is -0.882. The van der Waals surface area contributed by atoms with Crippen molar-refractivity contribution in [1.29, 1.82) is 0 Å². The molecule has 1 amide bonds. The second-order valence-electron chi connectivity index (χ2n) is 5.62. The average molecular weight is 275 g/mol. The quantitative estimate of drug-likeness (QED) is 0.838. The van der Waals surface area contributed by atoms with Crippen LogP contribution in [0.5, 0.6) is 0 Å². The molecule has 0 bridgehead atoms. The summed E-state index contributed by atoms with van der Waals surface area (Å²) in [6, 6.07) is 7.54. The molecule has 2 rings (SSSR count). The summed E-state index contributed by atoms with van der Waals surface area (Å²) in [6.45, 7) is 2.47. The van der Waals surface area contributed by atoms with E-state index in [1.54, 1.807) is 0 Å². The Morgan fingerprint density at radius 1 is 1.30 bits per heavy atom. The summed E-state index contributed by atoms with van der Waals surface area (Å²) in [7, 11) is 0. The Kier molecular flexibility index (Phi) is 4.42. The molecule has 1 saturated carbocycles. The van der Waals surface area contributed by atoms with Gasteiger partial charge in [-0.25, -0.2) is 0 Å². The number of benzene rings is 1. The third-order valence-corrected chi connectivity index (χ3v) is 4.21. The SMILES string of the molecule is CCc1ccccc1C(=O)NCC1(CC(=O)O)CCC1. The molecular formula is C16H21NO3. The lowest BCUT2D eigenvalue weighted by Crippen LogP contribution is -2.43. The van der Waals surface area contributed by atoms with Crippen molar-refractivity contribution in [2.24, 2.45) is 5.41 Å². The number of hydrogen-bond donors (Lipinski definition) is 2. The van der Waals surface area contributed by atoms with Crippen LogP contribution in [-0.2, 0) is 11.2 Å². The number of carboxylic acids is 1. The van der Waals surface area contributed by atoms with E-state index < -0.39 is 5.97 Å². The van der Waals surface area contributed by atoms with Gasteiger partial charge in [-0.05, 0) is 36.3 Å². The second kappa shape index (κ2) is 6.07. The molecule has 0 aliphatic heterocycles. The van der Waals surface area contributed by atoms with E-state index in [1.807, 2.05) is 31.2 Å². The third kappa shape index (κ3) is 3.18. The molecule has 20 heavy (non-hydrogen) atoms. The van der Waals surface area contributed by atoms with Gasteiger partial charge in [0.05, 0.1) is 6.42 Å². The highest BCUT2D eigenvalue weighted by Gasteiger charge is 2.39. The summed E-state index contributed by atoms with van der Waals surface area (Å²) in [5.41, 5.74) is 1.48. The van der Waals surface area contributed by atoms with Crippen LogP contribution in [0.15, 0.2) is 24.3 Å². The van der Waals surface area contributed by atoms with E-state index in [2.05, 4.69) is 5.32 Å². The molecule has 0 heterocycles. The number of rotatable bonds is 6. The normalized spacial score (nSPS) is 16.2. The molecule has 1 aliphatic rings. The van der Waals surface area contributed by atoms with Gasteiger partial charge in [0.1, 0.15) is 0 Å². The maximum Gasteiger partial charge on any atom is 0.303 e. The van der Waals surface area contributed by atoms with Crippen molar-refractivity contribution < 1.29 is 14.7 Å². The lowest BCUT2D eigenvalue weighted by atomic mass is 9.66. The van der Waals surface area contributed by atoms with Crippen LogP contribution in [0.25, 0.3) is 0 Å². The number of amides is 1. The Labute approximate surface area is 119 Å². The molecule has 0 saturated heterocycles. The number of nitrogens with one attached hydrogen (secondary N) is 1. The van der Waals surface area contributed by atoms with Gasteiger partial charge in [0.25, 0.3) is 5.91 Å². The Bertz CT molecular complexity index is 506.